The summed E-state index contributed by atoms with van der Waals surface area (Å²) in [7, 11) is 0. The fourth-order valence-electron chi connectivity index (χ4n) is 5.17. The SMILES string of the molecule is O=C(OCc1ccccc1)c1ccc(N(Cc2ncc(C3CCCCC3)cn2)C(=O)C(F)(F)F)cc1OCc1ccccc1. The fraction of sp³-hybridized carbons (Fsp3) is 0.294. The first kappa shape index (κ1) is 30.7. The normalized spacial score (nSPS) is 13.7. The molecule has 0 radical (unpaired) electrons. The van der Waals surface area contributed by atoms with Crippen LogP contribution in [0.1, 0.15) is 70.9 Å². The highest BCUT2D eigenvalue weighted by molar-refractivity contribution is 5.99. The van der Waals surface area contributed by atoms with E-state index < -0.39 is 24.6 Å². The molecule has 1 fully saturated rings. The van der Waals surface area contributed by atoms with Gasteiger partial charge in [-0.15, -0.1) is 0 Å². The van der Waals surface area contributed by atoms with Gasteiger partial charge < -0.3 is 9.47 Å². The van der Waals surface area contributed by atoms with E-state index in [0.29, 0.717) is 10.8 Å². The van der Waals surface area contributed by atoms with Crippen LogP contribution in [0.5, 0.6) is 5.75 Å². The van der Waals surface area contributed by atoms with Gasteiger partial charge in [-0.1, -0.05) is 79.9 Å². The third-order valence-corrected chi connectivity index (χ3v) is 7.54. The Morgan fingerprint density at radius 2 is 1.43 bits per heavy atom. The van der Waals surface area contributed by atoms with Crippen LogP contribution in [-0.2, 0) is 29.3 Å². The first-order chi connectivity index (χ1) is 21.3. The maximum absolute atomic E-state index is 13.8. The molecule has 1 aliphatic carbocycles. The summed E-state index contributed by atoms with van der Waals surface area (Å²) in [6.07, 6.45) is 3.56. The molecular formula is C34H32F3N3O4. The van der Waals surface area contributed by atoms with Crippen molar-refractivity contribution in [1.29, 1.82) is 0 Å². The molecule has 1 aromatic heterocycles. The Labute approximate surface area is 253 Å². The van der Waals surface area contributed by atoms with E-state index >= 15 is 0 Å². The van der Waals surface area contributed by atoms with E-state index in [9.17, 15) is 22.8 Å². The molecule has 3 aromatic carbocycles. The minimum Gasteiger partial charge on any atom is -0.488 e. The average Bonchev–Trinajstić information content (AvgIpc) is 3.06. The molecule has 1 heterocycles. The minimum absolute atomic E-state index is 0.00750. The van der Waals surface area contributed by atoms with E-state index in [-0.39, 0.29) is 36.0 Å². The number of alkyl halides is 3. The van der Waals surface area contributed by atoms with Crippen LogP contribution in [0, 0.1) is 0 Å². The van der Waals surface area contributed by atoms with E-state index in [0.717, 1.165) is 42.4 Å². The molecule has 1 saturated carbocycles. The summed E-state index contributed by atoms with van der Waals surface area (Å²) in [6, 6.07) is 21.9. The number of benzene rings is 3. The second-order valence-corrected chi connectivity index (χ2v) is 10.7. The van der Waals surface area contributed by atoms with E-state index in [1.807, 2.05) is 48.5 Å². The molecule has 5 rings (SSSR count). The maximum Gasteiger partial charge on any atom is 0.471 e. The molecule has 1 aliphatic rings. The number of anilines is 1. The molecule has 10 heteroatoms. The molecule has 1 amide bonds. The number of ether oxygens (including phenoxy) is 2. The van der Waals surface area contributed by atoms with Crippen LogP contribution in [0.4, 0.5) is 18.9 Å². The molecule has 0 N–H and O–H groups in total. The lowest BCUT2D eigenvalue weighted by atomic mass is 9.85. The number of nitrogens with zero attached hydrogens (tertiary/aromatic N) is 3. The lowest BCUT2D eigenvalue weighted by Crippen LogP contribution is -2.41. The van der Waals surface area contributed by atoms with Crippen molar-refractivity contribution in [2.45, 2.75) is 64.0 Å². The second kappa shape index (κ2) is 14.2. The first-order valence-corrected chi connectivity index (χ1v) is 14.5. The van der Waals surface area contributed by atoms with Crippen LogP contribution < -0.4 is 9.64 Å². The quantitative estimate of drug-likeness (QED) is 0.174. The molecule has 0 bridgehead atoms. The number of carbonyl (C=O) groups is 2. The van der Waals surface area contributed by atoms with Crippen molar-refractivity contribution in [3.8, 4) is 5.75 Å². The number of rotatable bonds is 10. The van der Waals surface area contributed by atoms with Crippen LogP contribution in [-0.4, -0.2) is 28.0 Å². The van der Waals surface area contributed by atoms with Gasteiger partial charge in [0.2, 0.25) is 0 Å². The molecular weight excluding hydrogens is 571 g/mol. The predicted octanol–water partition coefficient (Wildman–Crippen LogP) is 7.56. The first-order valence-electron chi connectivity index (χ1n) is 14.5. The summed E-state index contributed by atoms with van der Waals surface area (Å²) in [5.41, 5.74) is 2.36. The number of esters is 1. The Morgan fingerprint density at radius 1 is 0.818 bits per heavy atom. The fourth-order valence-corrected chi connectivity index (χ4v) is 5.17. The zero-order valence-corrected chi connectivity index (χ0v) is 24.0. The number of hydrogen-bond donors (Lipinski definition) is 0. The molecule has 0 saturated heterocycles. The van der Waals surface area contributed by atoms with Crippen molar-refractivity contribution >= 4 is 17.6 Å². The summed E-state index contributed by atoms with van der Waals surface area (Å²) in [5.74, 6) is -2.47. The van der Waals surface area contributed by atoms with Crippen molar-refractivity contribution in [1.82, 2.24) is 9.97 Å². The lowest BCUT2D eigenvalue weighted by Gasteiger charge is -2.25. The summed E-state index contributed by atoms with van der Waals surface area (Å²) in [4.78, 5) is 34.9. The smallest absolute Gasteiger partial charge is 0.471 e. The number of hydrogen-bond acceptors (Lipinski definition) is 6. The number of amides is 1. The Morgan fingerprint density at radius 3 is 2.05 bits per heavy atom. The molecule has 7 nitrogen and oxygen atoms in total. The summed E-state index contributed by atoms with van der Waals surface area (Å²) in [6.45, 7) is -0.506. The number of carbonyl (C=O) groups excluding carboxylic acids is 2. The zero-order valence-electron chi connectivity index (χ0n) is 24.0. The second-order valence-electron chi connectivity index (χ2n) is 10.7. The van der Waals surface area contributed by atoms with Crippen LogP contribution in [0.25, 0.3) is 0 Å². The predicted molar refractivity (Wildman–Crippen MR) is 158 cm³/mol. The molecule has 44 heavy (non-hydrogen) atoms. The molecule has 228 valence electrons. The summed E-state index contributed by atoms with van der Waals surface area (Å²) < 4.78 is 52.8. The van der Waals surface area contributed by atoms with Gasteiger partial charge in [0.25, 0.3) is 0 Å². The maximum atomic E-state index is 13.8. The number of halogens is 3. The van der Waals surface area contributed by atoms with Crippen LogP contribution in [0.15, 0.2) is 91.3 Å². The number of aromatic nitrogens is 2. The highest BCUT2D eigenvalue weighted by Gasteiger charge is 2.43. The van der Waals surface area contributed by atoms with Crippen molar-refractivity contribution in [3.63, 3.8) is 0 Å². The molecule has 0 aliphatic heterocycles. The van der Waals surface area contributed by atoms with Gasteiger partial charge in [0, 0.05) is 24.1 Å². The highest BCUT2D eigenvalue weighted by Crippen LogP contribution is 2.33. The Balaban J connectivity index is 1.43. The van der Waals surface area contributed by atoms with Gasteiger partial charge in [0.05, 0.1) is 6.54 Å². The van der Waals surface area contributed by atoms with E-state index in [4.69, 9.17) is 9.47 Å². The van der Waals surface area contributed by atoms with E-state index in [1.165, 1.54) is 24.6 Å². The average molecular weight is 604 g/mol. The standard InChI is InChI=1S/C34H32F3N3O4/c35-34(36,37)33(42)40(21-31-38-19-27(20-39-31)26-14-8-3-9-15-26)28-16-17-29(32(41)44-23-25-12-6-2-7-13-25)30(18-28)43-22-24-10-4-1-5-11-24/h1-2,4-7,10-13,16-20,26H,3,8-9,14-15,21-23H2. The van der Waals surface area contributed by atoms with Crippen molar-refractivity contribution in [3.05, 3.63) is 119 Å². The molecule has 4 aromatic rings. The van der Waals surface area contributed by atoms with E-state index in [1.54, 1.807) is 24.5 Å². The van der Waals surface area contributed by atoms with Crippen molar-refractivity contribution in [2.24, 2.45) is 0 Å². The largest absolute Gasteiger partial charge is 0.488 e. The van der Waals surface area contributed by atoms with E-state index in [2.05, 4.69) is 9.97 Å². The Bertz CT molecular complexity index is 1540. The third kappa shape index (κ3) is 8.00. The Hall–Kier alpha value is -4.73. The van der Waals surface area contributed by atoms with Crippen LogP contribution in [0.3, 0.4) is 0 Å². The van der Waals surface area contributed by atoms with Crippen LogP contribution in [0.2, 0.25) is 0 Å². The zero-order chi connectivity index (χ0) is 30.9. The third-order valence-electron chi connectivity index (χ3n) is 7.54. The Kier molecular flexibility index (Phi) is 9.89. The summed E-state index contributed by atoms with van der Waals surface area (Å²) >= 11 is 0. The van der Waals surface area contributed by atoms with Gasteiger partial charge in [0.15, 0.2) is 0 Å². The van der Waals surface area contributed by atoms with Gasteiger partial charge >= 0.3 is 18.1 Å². The van der Waals surface area contributed by atoms with Gasteiger partial charge in [-0.3, -0.25) is 9.69 Å². The van der Waals surface area contributed by atoms with Gasteiger partial charge in [0.1, 0.15) is 30.4 Å². The van der Waals surface area contributed by atoms with Gasteiger partial charge in [-0.05, 0) is 47.6 Å². The topological polar surface area (TPSA) is 81.6 Å². The molecule has 0 unspecified atom stereocenters. The van der Waals surface area contributed by atoms with Crippen molar-refractivity contribution < 1.29 is 32.2 Å². The lowest BCUT2D eigenvalue weighted by molar-refractivity contribution is -0.170. The molecule has 0 atom stereocenters. The molecule has 0 spiro atoms. The minimum atomic E-state index is -5.17. The van der Waals surface area contributed by atoms with Crippen LogP contribution >= 0.6 is 0 Å². The van der Waals surface area contributed by atoms with Gasteiger partial charge in [-0.2, -0.15) is 13.2 Å². The van der Waals surface area contributed by atoms with Gasteiger partial charge in [-0.25, -0.2) is 14.8 Å². The van der Waals surface area contributed by atoms with Crippen molar-refractivity contribution in [2.75, 3.05) is 4.90 Å². The monoisotopic (exact) mass is 603 g/mol. The highest BCUT2D eigenvalue weighted by atomic mass is 19.4. The summed E-state index contributed by atoms with van der Waals surface area (Å²) in [5, 5.41) is 0.